The van der Waals surface area contributed by atoms with Crippen molar-refractivity contribution in [3.05, 3.63) is 53.4 Å². The topological polar surface area (TPSA) is 141 Å². The molecule has 216 valence electrons. The number of amides is 1. The third-order valence-electron chi connectivity index (χ3n) is 7.46. The molecule has 0 spiro atoms. The summed E-state index contributed by atoms with van der Waals surface area (Å²) in [7, 11) is 0. The number of hydrogen-bond donors (Lipinski definition) is 4. The van der Waals surface area contributed by atoms with Crippen LogP contribution in [-0.2, 0) is 9.59 Å². The summed E-state index contributed by atoms with van der Waals surface area (Å²) in [5.41, 5.74) is 1.67. The van der Waals surface area contributed by atoms with Gasteiger partial charge in [0.15, 0.2) is 0 Å². The molecule has 3 heterocycles. The van der Waals surface area contributed by atoms with E-state index in [1.165, 1.54) is 30.0 Å². The summed E-state index contributed by atoms with van der Waals surface area (Å²) in [6.07, 6.45) is 4.34. The average Bonchev–Trinajstić information content (AvgIpc) is 2.93. The molecule has 41 heavy (non-hydrogen) atoms. The molecule has 2 aliphatic rings. The zero-order chi connectivity index (χ0) is 28.9. The molecule has 4 N–H and O–H groups in total. The predicted octanol–water partition coefficient (Wildman–Crippen LogP) is 4.67. The zero-order valence-corrected chi connectivity index (χ0v) is 23.7. The molecule has 1 aliphatic carbocycles. The highest BCUT2D eigenvalue weighted by Crippen LogP contribution is 2.36. The lowest BCUT2D eigenvalue weighted by molar-refractivity contribution is -0.143. The van der Waals surface area contributed by atoms with Gasteiger partial charge in [-0.15, -0.1) is 22.0 Å². The lowest BCUT2D eigenvalue weighted by Crippen LogP contribution is -2.51. The van der Waals surface area contributed by atoms with Crippen molar-refractivity contribution in [3.63, 3.8) is 0 Å². The average molecular weight is 601 g/mol. The number of piperidine rings is 1. The Morgan fingerprint density at radius 2 is 1.88 bits per heavy atom. The maximum atomic E-state index is 14.5. The third-order valence-corrected chi connectivity index (χ3v) is 8.66. The van der Waals surface area contributed by atoms with Crippen molar-refractivity contribution >= 4 is 52.4 Å². The van der Waals surface area contributed by atoms with Crippen LogP contribution in [0.2, 0.25) is 5.02 Å². The van der Waals surface area contributed by atoms with Gasteiger partial charge in [0, 0.05) is 46.2 Å². The van der Waals surface area contributed by atoms with E-state index in [1.54, 1.807) is 24.4 Å². The molecule has 13 heteroatoms. The van der Waals surface area contributed by atoms with E-state index in [0.29, 0.717) is 51.9 Å². The lowest BCUT2D eigenvalue weighted by Gasteiger charge is -2.44. The van der Waals surface area contributed by atoms with E-state index in [0.717, 1.165) is 25.9 Å². The van der Waals surface area contributed by atoms with E-state index < -0.39 is 11.8 Å². The van der Waals surface area contributed by atoms with Crippen LogP contribution in [0.15, 0.2) is 47.6 Å². The number of halogens is 2. The number of nitrogens with one attached hydrogen (secondary N) is 2. The van der Waals surface area contributed by atoms with Crippen LogP contribution in [0.4, 0.5) is 21.6 Å². The van der Waals surface area contributed by atoms with Crippen LogP contribution in [0.3, 0.4) is 0 Å². The standard InChI is InChI=1S/C28H30ClFN6O4S/c29-18-1-2-22(30)21(13-18)23-15-24(27(35-34-23)41-10-9-37)32-19-3-6-31-25(14-19)33-26(38)17-11-20(12-17)36-7-4-16(5-8-36)28(39)40/h1-3,6,13-17,20,37H,4-5,7-12H2,(H,39,40)(H2,31,32,33,34,38). The van der Waals surface area contributed by atoms with Gasteiger partial charge < -0.3 is 25.7 Å². The highest BCUT2D eigenvalue weighted by Gasteiger charge is 2.39. The minimum Gasteiger partial charge on any atom is -0.481 e. The molecule has 1 saturated heterocycles. The van der Waals surface area contributed by atoms with Crippen molar-refractivity contribution in [2.24, 2.45) is 11.8 Å². The first-order chi connectivity index (χ1) is 19.8. The molecule has 2 aromatic heterocycles. The number of aromatic nitrogens is 3. The Balaban J connectivity index is 1.23. The Labute approximate surface area is 245 Å². The fourth-order valence-corrected chi connectivity index (χ4v) is 5.94. The fraction of sp³-hybridized carbons (Fsp3) is 0.393. The quantitative estimate of drug-likeness (QED) is 0.243. The van der Waals surface area contributed by atoms with Gasteiger partial charge in [0.1, 0.15) is 16.7 Å². The molecule has 5 rings (SSSR count). The van der Waals surface area contributed by atoms with Crippen LogP contribution < -0.4 is 10.6 Å². The molecule has 0 radical (unpaired) electrons. The van der Waals surface area contributed by atoms with Crippen molar-refractivity contribution in [1.29, 1.82) is 0 Å². The van der Waals surface area contributed by atoms with Gasteiger partial charge in [-0.05, 0) is 69.1 Å². The monoisotopic (exact) mass is 600 g/mol. The number of carboxylic acid groups (broad SMARTS) is 1. The molecular formula is C28H30ClFN6O4S. The summed E-state index contributed by atoms with van der Waals surface area (Å²) < 4.78 is 14.5. The number of carboxylic acids is 1. The number of rotatable bonds is 10. The van der Waals surface area contributed by atoms with Gasteiger partial charge in [0.2, 0.25) is 5.91 Å². The fourth-order valence-electron chi connectivity index (χ4n) is 5.12. The molecule has 2 fully saturated rings. The summed E-state index contributed by atoms with van der Waals surface area (Å²) in [6, 6.07) is 9.60. The molecule has 10 nitrogen and oxygen atoms in total. The number of thioether (sulfide) groups is 1. The van der Waals surface area contributed by atoms with E-state index in [4.69, 9.17) is 11.6 Å². The van der Waals surface area contributed by atoms with Gasteiger partial charge in [0.05, 0.1) is 23.9 Å². The van der Waals surface area contributed by atoms with Crippen molar-refractivity contribution in [2.75, 3.05) is 36.1 Å². The first-order valence-electron chi connectivity index (χ1n) is 13.4. The van der Waals surface area contributed by atoms with Crippen LogP contribution >= 0.6 is 23.4 Å². The number of aliphatic hydroxyl groups excluding tert-OH is 1. The van der Waals surface area contributed by atoms with Gasteiger partial charge >= 0.3 is 5.97 Å². The minimum atomic E-state index is -0.726. The lowest BCUT2D eigenvalue weighted by atomic mass is 9.77. The zero-order valence-electron chi connectivity index (χ0n) is 22.1. The van der Waals surface area contributed by atoms with Crippen molar-refractivity contribution < 1.29 is 24.2 Å². The molecule has 0 bridgehead atoms. The number of anilines is 3. The number of aliphatic hydroxyl groups is 1. The molecule has 3 aromatic rings. The first kappa shape index (κ1) is 29.2. The first-order valence-corrected chi connectivity index (χ1v) is 14.7. The Hall–Kier alpha value is -3.32. The summed E-state index contributed by atoms with van der Waals surface area (Å²) in [5, 5.41) is 33.9. The van der Waals surface area contributed by atoms with Crippen molar-refractivity contribution in [2.45, 2.75) is 36.8 Å². The van der Waals surface area contributed by atoms with E-state index in [-0.39, 0.29) is 35.6 Å². The number of nitrogens with zero attached hydrogens (tertiary/aromatic N) is 4. The Bertz CT molecular complexity index is 1420. The minimum absolute atomic E-state index is 0.0511. The number of likely N-dealkylation sites (tertiary alicyclic amines) is 1. The van der Waals surface area contributed by atoms with Crippen LogP contribution in [-0.4, -0.2) is 73.7 Å². The molecule has 0 atom stereocenters. The van der Waals surface area contributed by atoms with Gasteiger partial charge in [-0.3, -0.25) is 9.59 Å². The smallest absolute Gasteiger partial charge is 0.306 e. The van der Waals surface area contributed by atoms with Gasteiger partial charge in [0.25, 0.3) is 0 Å². The number of carbonyl (C=O) groups excluding carboxylic acids is 1. The maximum absolute atomic E-state index is 14.5. The summed E-state index contributed by atoms with van der Waals surface area (Å²) in [4.78, 5) is 30.7. The van der Waals surface area contributed by atoms with Gasteiger partial charge in [-0.25, -0.2) is 9.37 Å². The van der Waals surface area contributed by atoms with Crippen molar-refractivity contribution in [1.82, 2.24) is 20.1 Å². The van der Waals surface area contributed by atoms with Gasteiger partial charge in [-0.1, -0.05) is 11.6 Å². The number of pyridine rings is 1. The molecule has 1 aliphatic heterocycles. The van der Waals surface area contributed by atoms with Gasteiger partial charge in [-0.2, -0.15) is 0 Å². The second kappa shape index (κ2) is 13.1. The Morgan fingerprint density at radius 3 is 2.61 bits per heavy atom. The maximum Gasteiger partial charge on any atom is 0.306 e. The summed E-state index contributed by atoms with van der Waals surface area (Å²) in [5.74, 6) is -0.928. The Kier molecular flexibility index (Phi) is 9.33. The number of carbonyl (C=O) groups is 2. The van der Waals surface area contributed by atoms with Crippen molar-refractivity contribution in [3.8, 4) is 11.3 Å². The van der Waals surface area contributed by atoms with Crippen LogP contribution in [0.5, 0.6) is 0 Å². The number of aliphatic carboxylic acids is 1. The summed E-state index contributed by atoms with van der Waals surface area (Å²) >= 11 is 7.37. The number of benzene rings is 1. The van der Waals surface area contributed by atoms with Crippen LogP contribution in [0.25, 0.3) is 11.3 Å². The SMILES string of the molecule is O=C(O)C1CCN(C2CC(C(=O)Nc3cc(Nc4cc(-c5cc(Cl)ccc5F)nnc4SCCO)ccn3)C2)CC1. The number of hydrogen-bond acceptors (Lipinski definition) is 9. The van der Waals surface area contributed by atoms with E-state index in [2.05, 4.69) is 30.7 Å². The normalized spacial score (nSPS) is 19.4. The molecule has 1 amide bonds. The predicted molar refractivity (Wildman–Crippen MR) is 155 cm³/mol. The van der Waals surface area contributed by atoms with E-state index in [1.807, 2.05) is 0 Å². The highest BCUT2D eigenvalue weighted by atomic mass is 35.5. The van der Waals surface area contributed by atoms with Crippen LogP contribution in [0.1, 0.15) is 25.7 Å². The molecular weight excluding hydrogens is 571 g/mol. The molecule has 1 saturated carbocycles. The second-order valence-electron chi connectivity index (χ2n) is 10.2. The highest BCUT2D eigenvalue weighted by molar-refractivity contribution is 7.99. The van der Waals surface area contributed by atoms with Crippen LogP contribution in [0, 0.1) is 17.7 Å². The molecule has 1 aromatic carbocycles. The second-order valence-corrected chi connectivity index (χ2v) is 11.7. The van der Waals surface area contributed by atoms with E-state index in [9.17, 15) is 24.2 Å². The third kappa shape index (κ3) is 7.13. The van der Waals surface area contributed by atoms with E-state index >= 15 is 0 Å². The summed E-state index contributed by atoms with van der Waals surface area (Å²) in [6.45, 7) is 1.45. The largest absolute Gasteiger partial charge is 0.481 e. The molecule has 0 unspecified atom stereocenters. The Morgan fingerprint density at radius 1 is 1.10 bits per heavy atom.